The van der Waals surface area contributed by atoms with E-state index in [1.807, 2.05) is 0 Å². The molecule has 3 atom stereocenters. The van der Waals surface area contributed by atoms with E-state index in [0.29, 0.717) is 19.4 Å². The second-order valence-electron chi connectivity index (χ2n) is 18.9. The van der Waals surface area contributed by atoms with Crippen molar-refractivity contribution in [2.24, 2.45) is 5.84 Å². The highest BCUT2D eigenvalue weighted by Crippen LogP contribution is 2.21. The minimum absolute atomic E-state index is 0.0113. The molecular weight excluding hydrogens is 953 g/mol. The van der Waals surface area contributed by atoms with E-state index in [4.69, 9.17) is 39.0 Å². The van der Waals surface area contributed by atoms with Crippen LogP contribution < -0.4 is 42.0 Å². The van der Waals surface area contributed by atoms with Crippen molar-refractivity contribution in [1.82, 2.24) is 36.1 Å². The Labute approximate surface area is 420 Å². The molecule has 0 bridgehead atoms. The smallest absolute Gasteiger partial charge is 0.329 e. The number of nitrogens with two attached hydrogens (primary N) is 1. The van der Waals surface area contributed by atoms with Crippen LogP contribution in [0.25, 0.3) is 0 Å². The molecule has 25 heteroatoms. The van der Waals surface area contributed by atoms with Gasteiger partial charge in [-0.15, -0.1) is 0 Å². The van der Waals surface area contributed by atoms with Crippen LogP contribution in [-0.2, 0) is 76.9 Å². The van der Waals surface area contributed by atoms with Crippen LogP contribution in [0, 0.1) is 0 Å². The maximum atomic E-state index is 13.2. The Balaban J connectivity index is 2.59. The molecule has 0 radical (unpaired) electrons. The molecule has 1 rings (SSSR count). The molecule has 71 heavy (non-hydrogen) atoms. The highest BCUT2D eigenvalue weighted by Gasteiger charge is 2.31. The predicted octanol–water partition coefficient (Wildman–Crippen LogP) is 0.601. The Morgan fingerprint density at radius 2 is 1.01 bits per heavy atom. The molecule has 412 valence electrons. The SMILES string of the molecule is CCNS(=O)(=O)NCCOCCOCC(=O)NC(CCC(=O)NC(CCC(=O)NCCOCCOCC(=O)NC(CCCCNN)C(=O)OC1CCCCCCC1)C(=O)OC(C)(C)C)C(=O)OC(C)(C)C. The van der Waals surface area contributed by atoms with E-state index in [0.717, 1.165) is 44.9 Å². The van der Waals surface area contributed by atoms with Gasteiger partial charge in [-0.1, -0.05) is 26.2 Å². The molecule has 1 saturated carbocycles. The van der Waals surface area contributed by atoms with Crippen LogP contribution in [0.3, 0.4) is 0 Å². The van der Waals surface area contributed by atoms with Gasteiger partial charge in [0, 0.05) is 39.0 Å². The molecule has 0 saturated heterocycles. The topological polar surface area (TPSA) is 328 Å². The Morgan fingerprint density at radius 1 is 0.549 bits per heavy atom. The molecule has 1 fully saturated rings. The van der Waals surface area contributed by atoms with E-state index in [1.165, 1.54) is 6.42 Å². The van der Waals surface area contributed by atoms with E-state index < -0.39 is 87.7 Å². The first-order valence-corrected chi connectivity index (χ1v) is 26.3. The Kier molecular flexibility index (Phi) is 33.6. The minimum Gasteiger partial charge on any atom is -0.461 e. The number of hydrogen-bond acceptors (Lipinski definition) is 18. The van der Waals surface area contributed by atoms with Crippen LogP contribution in [0.1, 0.15) is 138 Å². The zero-order chi connectivity index (χ0) is 53.1. The number of ether oxygens (including phenoxy) is 7. The molecule has 0 spiro atoms. The number of carbonyl (C=O) groups is 7. The van der Waals surface area contributed by atoms with E-state index in [-0.39, 0.29) is 97.7 Å². The van der Waals surface area contributed by atoms with E-state index in [9.17, 15) is 42.0 Å². The third-order valence-corrected chi connectivity index (χ3v) is 11.3. The first-order valence-electron chi connectivity index (χ1n) is 24.8. The largest absolute Gasteiger partial charge is 0.461 e. The van der Waals surface area contributed by atoms with Crippen molar-refractivity contribution in [3.8, 4) is 0 Å². The van der Waals surface area contributed by atoms with Gasteiger partial charge in [-0.2, -0.15) is 13.1 Å². The molecular formula is C46H86N8O16S. The van der Waals surface area contributed by atoms with Gasteiger partial charge >= 0.3 is 17.9 Å². The predicted molar refractivity (Wildman–Crippen MR) is 261 cm³/mol. The molecule has 24 nitrogen and oxygen atoms in total. The van der Waals surface area contributed by atoms with E-state index in [1.54, 1.807) is 48.5 Å². The summed E-state index contributed by atoms with van der Waals surface area (Å²) in [5.41, 5.74) is 0.758. The van der Waals surface area contributed by atoms with Gasteiger partial charge in [-0.25, -0.2) is 19.1 Å². The quantitative estimate of drug-likeness (QED) is 0.0139. The van der Waals surface area contributed by atoms with Crippen LogP contribution >= 0.6 is 0 Å². The van der Waals surface area contributed by atoms with Crippen molar-refractivity contribution in [3.05, 3.63) is 0 Å². The lowest BCUT2D eigenvalue weighted by Crippen LogP contribution is -2.47. The lowest BCUT2D eigenvalue weighted by Gasteiger charge is -2.26. The van der Waals surface area contributed by atoms with Crippen molar-refractivity contribution < 1.29 is 75.1 Å². The summed E-state index contributed by atoms with van der Waals surface area (Å²) in [6.45, 7) is 12.1. The molecule has 4 amide bonds. The van der Waals surface area contributed by atoms with Crippen LogP contribution in [0.4, 0.5) is 0 Å². The summed E-state index contributed by atoms with van der Waals surface area (Å²) in [7, 11) is -3.60. The fourth-order valence-corrected chi connectivity index (χ4v) is 7.58. The van der Waals surface area contributed by atoms with Crippen molar-refractivity contribution >= 4 is 51.7 Å². The van der Waals surface area contributed by atoms with Gasteiger partial charge in [0.05, 0.1) is 39.6 Å². The van der Waals surface area contributed by atoms with E-state index in [2.05, 4.69) is 36.1 Å². The first kappa shape index (κ1) is 64.9. The number of nitrogens with one attached hydrogen (secondary N) is 7. The highest BCUT2D eigenvalue weighted by atomic mass is 32.2. The van der Waals surface area contributed by atoms with Gasteiger partial charge in [0.2, 0.25) is 23.6 Å². The Bertz CT molecular complexity index is 1690. The number of hydrogen-bond donors (Lipinski definition) is 8. The summed E-state index contributed by atoms with van der Waals surface area (Å²) in [4.78, 5) is 90.7. The average molecular weight is 1040 g/mol. The van der Waals surface area contributed by atoms with Crippen molar-refractivity contribution in [2.75, 3.05) is 79.0 Å². The van der Waals surface area contributed by atoms with Gasteiger partial charge < -0.3 is 54.4 Å². The lowest BCUT2D eigenvalue weighted by atomic mass is 9.98. The minimum atomic E-state index is -3.60. The summed E-state index contributed by atoms with van der Waals surface area (Å²) in [5, 5.41) is 10.5. The number of amides is 4. The maximum Gasteiger partial charge on any atom is 0.329 e. The van der Waals surface area contributed by atoms with Crippen molar-refractivity contribution in [3.63, 3.8) is 0 Å². The fourth-order valence-electron chi connectivity index (χ4n) is 6.75. The van der Waals surface area contributed by atoms with E-state index >= 15 is 0 Å². The number of rotatable bonds is 37. The standard InChI is InChI=1S/C46H86N8O16S/c1-8-50-71(62,63)51-25-27-65-29-31-67-33-41(58)54-37(44(61)70-46(5,6)7)20-22-39(56)52-36(43(60)69-45(2,3)4)19-21-38(55)48-24-26-64-28-30-66-32-40(57)53-35(18-14-15-23-49-47)42(59)68-34-16-12-10-9-11-13-17-34/h34-37,49-51H,8-33,47H2,1-7H3,(H,48,55)(H,52,56)(H,53,57)(H,54,58). The third kappa shape index (κ3) is 35.6. The van der Waals surface area contributed by atoms with Gasteiger partial charge in [-0.05, 0) is 99.3 Å². The van der Waals surface area contributed by atoms with Gasteiger partial charge in [-0.3, -0.25) is 30.4 Å². The zero-order valence-corrected chi connectivity index (χ0v) is 44.0. The fraction of sp³-hybridized carbons (Fsp3) is 0.848. The van der Waals surface area contributed by atoms with Crippen molar-refractivity contribution in [2.45, 2.75) is 174 Å². The van der Waals surface area contributed by atoms with Gasteiger partial charge in [0.15, 0.2) is 0 Å². The van der Waals surface area contributed by atoms with Crippen LogP contribution in [-0.4, -0.2) is 164 Å². The summed E-state index contributed by atoms with van der Waals surface area (Å²) < 4.78 is 66.2. The highest BCUT2D eigenvalue weighted by molar-refractivity contribution is 7.87. The lowest BCUT2D eigenvalue weighted by molar-refractivity contribution is -0.160. The zero-order valence-electron chi connectivity index (χ0n) is 43.2. The second-order valence-corrected chi connectivity index (χ2v) is 20.5. The van der Waals surface area contributed by atoms with Crippen LogP contribution in [0.5, 0.6) is 0 Å². The summed E-state index contributed by atoms with van der Waals surface area (Å²) in [5.74, 6) is 1.13. The van der Waals surface area contributed by atoms with Gasteiger partial charge in [0.1, 0.15) is 48.6 Å². The number of unbranched alkanes of at least 4 members (excludes halogenated alkanes) is 1. The molecule has 3 unspecified atom stereocenters. The number of carbonyl (C=O) groups excluding carboxylic acids is 7. The Morgan fingerprint density at radius 3 is 1.52 bits per heavy atom. The number of hydrazine groups is 1. The second kappa shape index (κ2) is 36.8. The number of esters is 3. The summed E-state index contributed by atoms with van der Waals surface area (Å²) >= 11 is 0. The molecule has 0 aliphatic heterocycles. The summed E-state index contributed by atoms with van der Waals surface area (Å²) in [6.07, 6.45) is 7.87. The Hall–Kier alpha value is -4.08. The maximum absolute atomic E-state index is 13.2. The van der Waals surface area contributed by atoms with Crippen LogP contribution in [0.15, 0.2) is 0 Å². The average Bonchev–Trinajstić information content (AvgIpc) is 3.26. The van der Waals surface area contributed by atoms with Gasteiger partial charge in [0.25, 0.3) is 10.2 Å². The van der Waals surface area contributed by atoms with Crippen LogP contribution in [0.2, 0.25) is 0 Å². The van der Waals surface area contributed by atoms with Crippen molar-refractivity contribution in [1.29, 1.82) is 0 Å². The summed E-state index contributed by atoms with van der Waals surface area (Å²) in [6, 6.07) is -3.29. The molecule has 0 aromatic rings. The molecule has 0 aromatic heterocycles. The normalized spacial score (nSPS) is 15.0. The monoisotopic (exact) mass is 1040 g/mol. The molecule has 1 aliphatic rings. The molecule has 0 aromatic carbocycles. The first-order chi connectivity index (χ1) is 33.5. The molecule has 0 heterocycles. The molecule has 9 N–H and O–H groups in total. The molecule has 1 aliphatic carbocycles. The third-order valence-electron chi connectivity index (χ3n) is 10.0.